The molecule has 1 aromatic heterocycles. The molecule has 1 aliphatic rings. The van der Waals surface area contributed by atoms with Crippen molar-refractivity contribution in [2.45, 2.75) is 0 Å². The minimum atomic E-state index is -0.0326. The Morgan fingerprint density at radius 1 is 1.10 bits per heavy atom. The van der Waals surface area contributed by atoms with E-state index in [2.05, 4.69) is 15.3 Å². The number of rotatable bonds is 1. The number of fused-ring (bicyclic) bond motifs is 1. The van der Waals surface area contributed by atoms with Gasteiger partial charge < -0.3 is 10.2 Å². The average molecular weight is 315 g/mol. The number of hydrogen-bond donors (Lipinski definition) is 1. The zero-order chi connectivity index (χ0) is 12.4. The fourth-order valence-corrected chi connectivity index (χ4v) is 2.09. The molecule has 1 aromatic carbocycles. The third kappa shape index (κ3) is 3.36. The normalized spacial score (nSPS) is 14.3. The van der Waals surface area contributed by atoms with Crippen LogP contribution in [0.5, 0.6) is 0 Å². The van der Waals surface area contributed by atoms with Crippen LogP contribution in [0.3, 0.4) is 0 Å². The molecule has 7 heteroatoms. The van der Waals surface area contributed by atoms with Gasteiger partial charge in [0.1, 0.15) is 5.69 Å². The molecule has 20 heavy (non-hydrogen) atoms. The Kier molecular flexibility index (Phi) is 6.13. The number of para-hydroxylation sites is 2. The van der Waals surface area contributed by atoms with Crippen LogP contribution in [0.15, 0.2) is 30.5 Å². The van der Waals surface area contributed by atoms with Gasteiger partial charge in [-0.3, -0.25) is 9.78 Å². The SMILES string of the molecule is Cl.Cl.O=C(c1cnc2ccccc2n1)N1CCNCC1. The molecular formula is C13H16Cl2N4O. The van der Waals surface area contributed by atoms with Crippen molar-refractivity contribution in [1.29, 1.82) is 0 Å². The van der Waals surface area contributed by atoms with Crippen LogP contribution in [0.2, 0.25) is 0 Å². The van der Waals surface area contributed by atoms with Gasteiger partial charge in [-0.15, -0.1) is 24.8 Å². The Morgan fingerprint density at radius 2 is 1.75 bits per heavy atom. The first kappa shape index (κ1) is 16.6. The van der Waals surface area contributed by atoms with E-state index in [-0.39, 0.29) is 30.7 Å². The van der Waals surface area contributed by atoms with E-state index in [4.69, 9.17) is 0 Å². The summed E-state index contributed by atoms with van der Waals surface area (Å²) in [5, 5.41) is 3.22. The Labute approximate surface area is 129 Å². The molecular weight excluding hydrogens is 299 g/mol. The molecule has 1 N–H and O–H groups in total. The first-order valence-electron chi connectivity index (χ1n) is 6.06. The molecule has 0 bridgehead atoms. The standard InChI is InChI=1S/C13H14N4O.2ClH/c18-13(17-7-5-14-6-8-17)12-9-15-10-3-1-2-4-11(10)16-12;;/h1-4,9,14H,5-8H2;2*1H. The van der Waals surface area contributed by atoms with Crippen LogP contribution in [0.25, 0.3) is 11.0 Å². The fourth-order valence-electron chi connectivity index (χ4n) is 2.09. The minimum absolute atomic E-state index is 0. The smallest absolute Gasteiger partial charge is 0.274 e. The third-order valence-corrected chi connectivity index (χ3v) is 3.07. The molecule has 0 saturated carbocycles. The molecule has 1 fully saturated rings. The lowest BCUT2D eigenvalue weighted by Gasteiger charge is -2.26. The van der Waals surface area contributed by atoms with Crippen LogP contribution in [0.1, 0.15) is 10.5 Å². The molecule has 0 radical (unpaired) electrons. The zero-order valence-electron chi connectivity index (χ0n) is 10.8. The van der Waals surface area contributed by atoms with Crippen molar-refractivity contribution in [2.24, 2.45) is 0 Å². The number of carbonyl (C=O) groups is 1. The summed E-state index contributed by atoms with van der Waals surface area (Å²) in [6, 6.07) is 7.57. The van der Waals surface area contributed by atoms with E-state index in [1.807, 2.05) is 29.2 Å². The lowest BCUT2D eigenvalue weighted by molar-refractivity contribution is 0.0730. The maximum atomic E-state index is 12.2. The van der Waals surface area contributed by atoms with Crippen LogP contribution < -0.4 is 5.32 Å². The monoisotopic (exact) mass is 314 g/mol. The summed E-state index contributed by atoms with van der Waals surface area (Å²) < 4.78 is 0. The summed E-state index contributed by atoms with van der Waals surface area (Å²) in [6.07, 6.45) is 1.56. The predicted molar refractivity (Wildman–Crippen MR) is 82.8 cm³/mol. The zero-order valence-corrected chi connectivity index (χ0v) is 12.4. The second-order valence-corrected chi connectivity index (χ2v) is 4.29. The van der Waals surface area contributed by atoms with Gasteiger partial charge in [-0.25, -0.2) is 4.98 Å². The molecule has 0 atom stereocenters. The molecule has 0 spiro atoms. The Hall–Kier alpha value is -1.43. The molecule has 0 unspecified atom stereocenters. The Bertz CT molecular complexity index is 587. The molecule has 1 amide bonds. The van der Waals surface area contributed by atoms with Crippen molar-refractivity contribution in [3.8, 4) is 0 Å². The second kappa shape index (κ2) is 7.38. The number of benzene rings is 1. The highest BCUT2D eigenvalue weighted by Crippen LogP contribution is 2.10. The van der Waals surface area contributed by atoms with Gasteiger partial charge in [0.2, 0.25) is 0 Å². The Morgan fingerprint density at radius 3 is 2.45 bits per heavy atom. The van der Waals surface area contributed by atoms with Crippen LogP contribution in [0.4, 0.5) is 0 Å². The van der Waals surface area contributed by atoms with Crippen LogP contribution in [-0.4, -0.2) is 47.0 Å². The van der Waals surface area contributed by atoms with E-state index in [1.54, 1.807) is 6.20 Å². The van der Waals surface area contributed by atoms with E-state index in [0.717, 1.165) is 37.2 Å². The maximum absolute atomic E-state index is 12.2. The summed E-state index contributed by atoms with van der Waals surface area (Å²) in [4.78, 5) is 22.7. The third-order valence-electron chi connectivity index (χ3n) is 3.07. The van der Waals surface area contributed by atoms with Gasteiger partial charge in [0, 0.05) is 26.2 Å². The van der Waals surface area contributed by atoms with Crippen LogP contribution in [-0.2, 0) is 0 Å². The number of aromatic nitrogens is 2. The average Bonchev–Trinajstić information content (AvgIpc) is 2.47. The van der Waals surface area contributed by atoms with E-state index in [9.17, 15) is 4.79 Å². The van der Waals surface area contributed by atoms with Crippen molar-refractivity contribution in [2.75, 3.05) is 26.2 Å². The van der Waals surface area contributed by atoms with Gasteiger partial charge in [-0.05, 0) is 12.1 Å². The number of amides is 1. The molecule has 2 aromatic rings. The predicted octanol–water partition coefficient (Wildman–Crippen LogP) is 1.52. The maximum Gasteiger partial charge on any atom is 0.274 e. The molecule has 2 heterocycles. The highest BCUT2D eigenvalue weighted by atomic mass is 35.5. The number of halogens is 2. The van der Waals surface area contributed by atoms with Gasteiger partial charge in [-0.1, -0.05) is 12.1 Å². The number of nitrogens with one attached hydrogen (secondary N) is 1. The summed E-state index contributed by atoms with van der Waals surface area (Å²) in [5.41, 5.74) is 2.00. The number of carbonyl (C=O) groups excluding carboxylic acids is 1. The van der Waals surface area contributed by atoms with Gasteiger partial charge in [-0.2, -0.15) is 0 Å². The van der Waals surface area contributed by atoms with Crippen molar-refractivity contribution < 1.29 is 4.79 Å². The topological polar surface area (TPSA) is 58.1 Å². The summed E-state index contributed by atoms with van der Waals surface area (Å²) in [7, 11) is 0. The Balaban J connectivity index is 0.000001000. The van der Waals surface area contributed by atoms with Gasteiger partial charge >= 0.3 is 0 Å². The molecule has 3 rings (SSSR count). The molecule has 108 valence electrons. The summed E-state index contributed by atoms with van der Waals surface area (Å²) >= 11 is 0. The molecule has 1 saturated heterocycles. The van der Waals surface area contributed by atoms with E-state index in [1.165, 1.54) is 0 Å². The van der Waals surface area contributed by atoms with E-state index >= 15 is 0 Å². The first-order valence-corrected chi connectivity index (χ1v) is 6.06. The van der Waals surface area contributed by atoms with Crippen molar-refractivity contribution in [3.05, 3.63) is 36.2 Å². The lowest BCUT2D eigenvalue weighted by Crippen LogP contribution is -2.46. The first-order chi connectivity index (χ1) is 8.84. The lowest BCUT2D eigenvalue weighted by atomic mass is 10.2. The minimum Gasteiger partial charge on any atom is -0.335 e. The fraction of sp³-hybridized carbons (Fsp3) is 0.308. The van der Waals surface area contributed by atoms with E-state index < -0.39 is 0 Å². The van der Waals surface area contributed by atoms with Gasteiger partial charge in [0.25, 0.3) is 5.91 Å². The molecule has 0 aliphatic carbocycles. The highest BCUT2D eigenvalue weighted by molar-refractivity contribution is 5.93. The van der Waals surface area contributed by atoms with E-state index in [0.29, 0.717) is 5.69 Å². The van der Waals surface area contributed by atoms with Gasteiger partial charge in [0.05, 0.1) is 17.2 Å². The largest absolute Gasteiger partial charge is 0.335 e. The molecule has 5 nitrogen and oxygen atoms in total. The van der Waals surface area contributed by atoms with Crippen molar-refractivity contribution in [1.82, 2.24) is 20.2 Å². The summed E-state index contributed by atoms with van der Waals surface area (Å²) in [5.74, 6) is -0.0326. The second-order valence-electron chi connectivity index (χ2n) is 4.29. The van der Waals surface area contributed by atoms with Crippen molar-refractivity contribution in [3.63, 3.8) is 0 Å². The number of nitrogens with zero attached hydrogens (tertiary/aromatic N) is 3. The number of hydrogen-bond acceptors (Lipinski definition) is 4. The molecule has 1 aliphatic heterocycles. The highest BCUT2D eigenvalue weighted by Gasteiger charge is 2.19. The van der Waals surface area contributed by atoms with Crippen molar-refractivity contribution >= 4 is 41.8 Å². The summed E-state index contributed by atoms with van der Waals surface area (Å²) in [6.45, 7) is 3.14. The van der Waals surface area contributed by atoms with Crippen LogP contribution in [0, 0.1) is 0 Å². The quantitative estimate of drug-likeness (QED) is 0.867. The number of piperazine rings is 1. The van der Waals surface area contributed by atoms with Crippen LogP contribution >= 0.6 is 24.8 Å². The van der Waals surface area contributed by atoms with Gasteiger partial charge in [0.15, 0.2) is 0 Å².